The van der Waals surface area contributed by atoms with Gasteiger partial charge in [0.05, 0.1) is 0 Å². The van der Waals surface area contributed by atoms with Gasteiger partial charge in [0.1, 0.15) is 0 Å². The van der Waals surface area contributed by atoms with Crippen LogP contribution in [-0.4, -0.2) is 6.04 Å². The molecule has 2 atom stereocenters. The Morgan fingerprint density at radius 3 is 1.89 bits per heavy atom. The van der Waals surface area contributed by atoms with Crippen molar-refractivity contribution in [1.82, 2.24) is 0 Å². The SMILES string of the molecule is N[C@@H]1CC[C@@H]1C1CCC1. The Labute approximate surface area is 56.6 Å². The van der Waals surface area contributed by atoms with Gasteiger partial charge in [-0.3, -0.25) is 0 Å². The Morgan fingerprint density at radius 2 is 1.78 bits per heavy atom. The summed E-state index contributed by atoms with van der Waals surface area (Å²) < 4.78 is 0. The van der Waals surface area contributed by atoms with E-state index in [2.05, 4.69) is 0 Å². The lowest BCUT2D eigenvalue weighted by atomic mass is 9.64. The average Bonchev–Trinajstić information content (AvgIpc) is 1.74. The molecule has 9 heavy (non-hydrogen) atoms. The van der Waals surface area contributed by atoms with Crippen molar-refractivity contribution in [2.24, 2.45) is 17.6 Å². The molecule has 0 heterocycles. The zero-order valence-corrected chi connectivity index (χ0v) is 5.84. The first-order chi connectivity index (χ1) is 4.38. The summed E-state index contributed by atoms with van der Waals surface area (Å²) in [4.78, 5) is 0. The molecule has 0 aromatic rings. The first-order valence-electron chi connectivity index (χ1n) is 4.13. The molecular weight excluding hydrogens is 110 g/mol. The van der Waals surface area contributed by atoms with Crippen molar-refractivity contribution in [1.29, 1.82) is 0 Å². The van der Waals surface area contributed by atoms with Gasteiger partial charge in [0.25, 0.3) is 0 Å². The topological polar surface area (TPSA) is 26.0 Å². The lowest BCUT2D eigenvalue weighted by Crippen LogP contribution is -2.45. The molecule has 2 aliphatic carbocycles. The Bertz CT molecular complexity index is 107. The summed E-state index contributed by atoms with van der Waals surface area (Å²) in [6.45, 7) is 0. The molecule has 0 spiro atoms. The van der Waals surface area contributed by atoms with E-state index in [9.17, 15) is 0 Å². The zero-order chi connectivity index (χ0) is 6.27. The number of hydrogen-bond donors (Lipinski definition) is 1. The molecule has 0 radical (unpaired) electrons. The van der Waals surface area contributed by atoms with E-state index in [0.29, 0.717) is 6.04 Å². The van der Waals surface area contributed by atoms with Gasteiger partial charge >= 0.3 is 0 Å². The van der Waals surface area contributed by atoms with Gasteiger partial charge in [-0.1, -0.05) is 19.3 Å². The molecule has 2 aliphatic rings. The summed E-state index contributed by atoms with van der Waals surface area (Å²) in [5.41, 5.74) is 5.83. The molecule has 52 valence electrons. The molecule has 0 amide bonds. The van der Waals surface area contributed by atoms with Crippen LogP contribution >= 0.6 is 0 Å². The normalized spacial score (nSPS) is 43.7. The third-order valence-corrected chi connectivity index (χ3v) is 3.14. The summed E-state index contributed by atoms with van der Waals surface area (Å²) in [5.74, 6) is 1.97. The van der Waals surface area contributed by atoms with Gasteiger partial charge in [-0.15, -0.1) is 0 Å². The lowest BCUT2D eigenvalue weighted by molar-refractivity contribution is 0.103. The minimum Gasteiger partial charge on any atom is -0.327 e. The quantitative estimate of drug-likeness (QED) is 0.565. The summed E-state index contributed by atoms with van der Waals surface area (Å²) in [7, 11) is 0. The van der Waals surface area contributed by atoms with Crippen LogP contribution in [0.4, 0.5) is 0 Å². The zero-order valence-electron chi connectivity index (χ0n) is 5.84. The van der Waals surface area contributed by atoms with Crippen LogP contribution in [0.3, 0.4) is 0 Å². The average molecular weight is 125 g/mol. The van der Waals surface area contributed by atoms with E-state index in [1.807, 2.05) is 0 Å². The molecule has 0 bridgehead atoms. The highest BCUT2D eigenvalue weighted by molar-refractivity contribution is 4.91. The first-order valence-corrected chi connectivity index (χ1v) is 4.13. The van der Waals surface area contributed by atoms with E-state index in [-0.39, 0.29) is 0 Å². The minimum absolute atomic E-state index is 0.579. The van der Waals surface area contributed by atoms with E-state index >= 15 is 0 Å². The molecule has 2 N–H and O–H groups in total. The summed E-state index contributed by atoms with van der Waals surface area (Å²) in [6.07, 6.45) is 7.12. The summed E-state index contributed by atoms with van der Waals surface area (Å²) >= 11 is 0. The molecule has 0 saturated heterocycles. The Kier molecular flexibility index (Phi) is 1.26. The predicted octanol–water partition coefficient (Wildman–Crippen LogP) is 1.52. The van der Waals surface area contributed by atoms with Crippen molar-refractivity contribution in [3.8, 4) is 0 Å². The second-order valence-electron chi connectivity index (χ2n) is 3.60. The Hall–Kier alpha value is -0.0400. The molecule has 0 aromatic heterocycles. The van der Waals surface area contributed by atoms with Crippen molar-refractivity contribution in [3.05, 3.63) is 0 Å². The molecule has 1 nitrogen and oxygen atoms in total. The maximum Gasteiger partial charge on any atom is 0.00699 e. The monoisotopic (exact) mass is 125 g/mol. The van der Waals surface area contributed by atoms with Gasteiger partial charge in [-0.25, -0.2) is 0 Å². The highest BCUT2D eigenvalue weighted by atomic mass is 14.7. The number of nitrogens with two attached hydrogens (primary N) is 1. The van der Waals surface area contributed by atoms with E-state index in [1.165, 1.54) is 32.1 Å². The molecule has 0 unspecified atom stereocenters. The van der Waals surface area contributed by atoms with Gasteiger partial charge in [0.15, 0.2) is 0 Å². The van der Waals surface area contributed by atoms with Crippen molar-refractivity contribution < 1.29 is 0 Å². The van der Waals surface area contributed by atoms with Crippen LogP contribution in [0.25, 0.3) is 0 Å². The van der Waals surface area contributed by atoms with E-state index in [4.69, 9.17) is 5.73 Å². The second-order valence-corrected chi connectivity index (χ2v) is 3.60. The summed E-state index contributed by atoms with van der Waals surface area (Å²) in [5, 5.41) is 0. The number of hydrogen-bond acceptors (Lipinski definition) is 1. The third kappa shape index (κ3) is 0.787. The standard InChI is InChI=1S/C8H15N/c9-8-5-4-7(8)6-2-1-3-6/h6-8H,1-5,9H2/t7-,8-/m1/s1. The molecule has 0 aromatic carbocycles. The predicted molar refractivity (Wildman–Crippen MR) is 38.0 cm³/mol. The third-order valence-electron chi connectivity index (χ3n) is 3.14. The van der Waals surface area contributed by atoms with Crippen molar-refractivity contribution >= 4 is 0 Å². The number of rotatable bonds is 1. The highest BCUT2D eigenvalue weighted by Crippen LogP contribution is 2.42. The molecular formula is C8H15N. The van der Waals surface area contributed by atoms with Crippen molar-refractivity contribution in [3.63, 3.8) is 0 Å². The highest BCUT2D eigenvalue weighted by Gasteiger charge is 2.36. The fourth-order valence-electron chi connectivity index (χ4n) is 2.00. The van der Waals surface area contributed by atoms with Crippen LogP contribution in [0.5, 0.6) is 0 Å². The smallest absolute Gasteiger partial charge is 0.00699 e. The van der Waals surface area contributed by atoms with Gasteiger partial charge in [0, 0.05) is 6.04 Å². The van der Waals surface area contributed by atoms with Crippen LogP contribution in [0, 0.1) is 11.8 Å². The van der Waals surface area contributed by atoms with Crippen molar-refractivity contribution in [2.45, 2.75) is 38.1 Å². The van der Waals surface area contributed by atoms with Gasteiger partial charge in [-0.05, 0) is 24.7 Å². The lowest BCUT2D eigenvalue weighted by Gasteiger charge is -2.43. The maximum absolute atomic E-state index is 5.83. The Morgan fingerprint density at radius 1 is 1.00 bits per heavy atom. The Balaban J connectivity index is 1.83. The van der Waals surface area contributed by atoms with Gasteiger partial charge in [-0.2, -0.15) is 0 Å². The maximum atomic E-state index is 5.83. The molecule has 2 rings (SSSR count). The van der Waals surface area contributed by atoms with Crippen LogP contribution in [0.1, 0.15) is 32.1 Å². The summed E-state index contributed by atoms with van der Waals surface area (Å²) in [6, 6.07) is 0.579. The molecule has 1 heteroatoms. The van der Waals surface area contributed by atoms with Crippen molar-refractivity contribution in [2.75, 3.05) is 0 Å². The van der Waals surface area contributed by atoms with Crippen LogP contribution < -0.4 is 5.73 Å². The van der Waals surface area contributed by atoms with E-state index in [0.717, 1.165) is 11.8 Å². The fraction of sp³-hybridized carbons (Fsp3) is 1.00. The first kappa shape index (κ1) is 5.72. The fourth-order valence-corrected chi connectivity index (χ4v) is 2.00. The molecule has 2 saturated carbocycles. The van der Waals surface area contributed by atoms with E-state index in [1.54, 1.807) is 0 Å². The largest absolute Gasteiger partial charge is 0.327 e. The molecule has 0 aliphatic heterocycles. The van der Waals surface area contributed by atoms with Crippen LogP contribution in [-0.2, 0) is 0 Å². The van der Waals surface area contributed by atoms with Crippen LogP contribution in [0.2, 0.25) is 0 Å². The minimum atomic E-state index is 0.579. The van der Waals surface area contributed by atoms with Crippen LogP contribution in [0.15, 0.2) is 0 Å². The van der Waals surface area contributed by atoms with Gasteiger partial charge < -0.3 is 5.73 Å². The molecule has 2 fully saturated rings. The van der Waals surface area contributed by atoms with Gasteiger partial charge in [0.2, 0.25) is 0 Å². The second kappa shape index (κ2) is 1.98. The van der Waals surface area contributed by atoms with E-state index < -0.39 is 0 Å².